The monoisotopic (exact) mass is 317 g/mol. The fourth-order valence-electron chi connectivity index (χ4n) is 2.76. The Hall–Kier alpha value is -2.04. The molecule has 0 aliphatic carbocycles. The average molecular weight is 317 g/mol. The Labute approximate surface area is 138 Å². The molecule has 1 aliphatic rings. The first-order chi connectivity index (χ1) is 11.1. The molecule has 1 saturated heterocycles. The third-order valence-corrected chi connectivity index (χ3v) is 4.21. The molecule has 0 aromatic heterocycles. The van der Waals surface area contributed by atoms with Crippen LogP contribution in [0.2, 0.25) is 0 Å². The van der Waals surface area contributed by atoms with Crippen LogP contribution in [0.5, 0.6) is 0 Å². The zero-order chi connectivity index (χ0) is 16.7. The van der Waals surface area contributed by atoms with E-state index in [9.17, 15) is 9.59 Å². The highest BCUT2D eigenvalue weighted by molar-refractivity contribution is 5.94. The molecule has 2 amide bonds. The maximum atomic E-state index is 12.1. The molecular weight excluding hydrogens is 290 g/mol. The first-order valence-electron chi connectivity index (χ1n) is 8.41. The van der Waals surface area contributed by atoms with E-state index in [1.54, 1.807) is 0 Å². The van der Waals surface area contributed by atoms with Crippen molar-refractivity contribution in [1.82, 2.24) is 10.2 Å². The lowest BCUT2D eigenvalue weighted by Gasteiger charge is -2.20. The van der Waals surface area contributed by atoms with Gasteiger partial charge in [0.15, 0.2) is 0 Å². The summed E-state index contributed by atoms with van der Waals surface area (Å²) in [7, 11) is 3.94. The standard InChI is InChI=1S/C18H27N3O2/c1-20(2)16-10-8-15(9-11-16)18(23)19-12-6-14-21-13-5-3-4-7-17(21)22/h8-11H,3-7,12-14H2,1-2H3,(H,19,23). The SMILES string of the molecule is CN(C)c1ccc(C(=O)NCCCN2CCCCCC2=O)cc1. The average Bonchev–Trinajstić information content (AvgIpc) is 2.76. The molecule has 0 unspecified atom stereocenters. The molecule has 1 aromatic rings. The molecule has 126 valence electrons. The lowest BCUT2D eigenvalue weighted by Crippen LogP contribution is -2.34. The highest BCUT2D eigenvalue weighted by atomic mass is 16.2. The summed E-state index contributed by atoms with van der Waals surface area (Å²) in [5, 5.41) is 2.93. The topological polar surface area (TPSA) is 52.7 Å². The van der Waals surface area contributed by atoms with E-state index in [1.165, 1.54) is 0 Å². The van der Waals surface area contributed by atoms with E-state index in [0.29, 0.717) is 18.5 Å². The van der Waals surface area contributed by atoms with Gasteiger partial charge >= 0.3 is 0 Å². The van der Waals surface area contributed by atoms with Crippen molar-refractivity contribution in [2.45, 2.75) is 32.1 Å². The Morgan fingerprint density at radius 2 is 1.91 bits per heavy atom. The Morgan fingerprint density at radius 3 is 2.61 bits per heavy atom. The van der Waals surface area contributed by atoms with Crippen molar-refractivity contribution >= 4 is 17.5 Å². The van der Waals surface area contributed by atoms with Crippen LogP contribution < -0.4 is 10.2 Å². The molecule has 0 spiro atoms. The van der Waals surface area contributed by atoms with Crippen molar-refractivity contribution in [2.24, 2.45) is 0 Å². The number of carbonyl (C=O) groups is 2. The number of likely N-dealkylation sites (tertiary alicyclic amines) is 1. The van der Waals surface area contributed by atoms with Crippen LogP contribution in [0, 0.1) is 0 Å². The van der Waals surface area contributed by atoms with Crippen molar-refractivity contribution in [3.63, 3.8) is 0 Å². The number of benzene rings is 1. The second kappa shape index (κ2) is 8.56. The third-order valence-electron chi connectivity index (χ3n) is 4.21. The molecule has 5 nitrogen and oxygen atoms in total. The molecule has 1 aliphatic heterocycles. The van der Waals surface area contributed by atoms with Gasteiger partial charge in [0.2, 0.25) is 5.91 Å². The van der Waals surface area contributed by atoms with Gasteiger partial charge in [-0.1, -0.05) is 6.42 Å². The third kappa shape index (κ3) is 5.27. The van der Waals surface area contributed by atoms with E-state index in [4.69, 9.17) is 0 Å². The number of nitrogens with zero attached hydrogens (tertiary/aromatic N) is 2. The molecule has 0 bridgehead atoms. The summed E-state index contributed by atoms with van der Waals surface area (Å²) in [5.74, 6) is 0.200. The molecule has 0 radical (unpaired) electrons. The number of amides is 2. The summed E-state index contributed by atoms with van der Waals surface area (Å²) in [6, 6.07) is 7.54. The van der Waals surface area contributed by atoms with Gasteiger partial charge in [-0.25, -0.2) is 0 Å². The fourth-order valence-corrected chi connectivity index (χ4v) is 2.76. The summed E-state index contributed by atoms with van der Waals surface area (Å²) in [5.41, 5.74) is 1.74. The quantitative estimate of drug-likeness (QED) is 0.819. The maximum absolute atomic E-state index is 12.1. The van der Waals surface area contributed by atoms with Gasteiger partial charge in [-0.3, -0.25) is 9.59 Å². The van der Waals surface area contributed by atoms with Gasteiger partial charge in [-0.2, -0.15) is 0 Å². The predicted octanol–water partition coefficient (Wildman–Crippen LogP) is 2.28. The molecule has 0 atom stereocenters. The van der Waals surface area contributed by atoms with Crippen LogP contribution in [0.4, 0.5) is 5.69 Å². The molecule has 0 saturated carbocycles. The van der Waals surface area contributed by atoms with Crippen LogP contribution in [-0.4, -0.2) is 50.4 Å². The zero-order valence-corrected chi connectivity index (χ0v) is 14.2. The van der Waals surface area contributed by atoms with E-state index in [1.807, 2.05) is 48.2 Å². The van der Waals surface area contributed by atoms with Crippen molar-refractivity contribution < 1.29 is 9.59 Å². The number of rotatable bonds is 6. The van der Waals surface area contributed by atoms with Crippen molar-refractivity contribution in [2.75, 3.05) is 38.6 Å². The van der Waals surface area contributed by atoms with Gasteiger partial charge in [0.25, 0.3) is 5.91 Å². The summed E-state index contributed by atoms with van der Waals surface area (Å²) < 4.78 is 0. The summed E-state index contributed by atoms with van der Waals surface area (Å²) in [4.78, 5) is 27.9. The van der Waals surface area contributed by atoms with Crippen LogP contribution in [-0.2, 0) is 4.79 Å². The summed E-state index contributed by atoms with van der Waals surface area (Å²) in [6.45, 7) is 2.19. The molecule has 1 N–H and O–H groups in total. The van der Waals surface area contributed by atoms with Crippen molar-refractivity contribution in [1.29, 1.82) is 0 Å². The lowest BCUT2D eigenvalue weighted by atomic mass is 10.2. The van der Waals surface area contributed by atoms with Crippen LogP contribution in [0.15, 0.2) is 24.3 Å². The van der Waals surface area contributed by atoms with Gasteiger partial charge in [0.1, 0.15) is 0 Å². The molecule has 23 heavy (non-hydrogen) atoms. The van der Waals surface area contributed by atoms with E-state index in [-0.39, 0.29) is 11.8 Å². The second-order valence-electron chi connectivity index (χ2n) is 6.24. The van der Waals surface area contributed by atoms with Crippen LogP contribution >= 0.6 is 0 Å². The molecular formula is C18H27N3O2. The molecule has 1 fully saturated rings. The number of hydrogen-bond donors (Lipinski definition) is 1. The number of hydrogen-bond acceptors (Lipinski definition) is 3. The minimum absolute atomic E-state index is 0.0579. The predicted molar refractivity (Wildman–Crippen MR) is 92.8 cm³/mol. The van der Waals surface area contributed by atoms with Crippen molar-refractivity contribution in [3.8, 4) is 0 Å². The number of carbonyl (C=O) groups excluding carboxylic acids is 2. The molecule has 5 heteroatoms. The number of anilines is 1. The summed E-state index contributed by atoms with van der Waals surface area (Å²) in [6.07, 6.45) is 4.71. The van der Waals surface area contributed by atoms with Crippen molar-refractivity contribution in [3.05, 3.63) is 29.8 Å². The molecule has 1 aromatic carbocycles. The molecule has 1 heterocycles. The zero-order valence-electron chi connectivity index (χ0n) is 14.2. The lowest BCUT2D eigenvalue weighted by molar-refractivity contribution is -0.130. The number of nitrogens with one attached hydrogen (secondary N) is 1. The van der Waals surface area contributed by atoms with Crippen LogP contribution in [0.1, 0.15) is 42.5 Å². The Balaban J connectivity index is 1.73. The second-order valence-corrected chi connectivity index (χ2v) is 6.24. The largest absolute Gasteiger partial charge is 0.378 e. The van der Waals surface area contributed by atoms with E-state index in [0.717, 1.165) is 44.5 Å². The summed E-state index contributed by atoms with van der Waals surface area (Å²) >= 11 is 0. The highest BCUT2D eigenvalue weighted by Crippen LogP contribution is 2.13. The molecule has 2 rings (SSSR count). The van der Waals surface area contributed by atoms with E-state index >= 15 is 0 Å². The van der Waals surface area contributed by atoms with Gasteiger partial charge < -0.3 is 15.1 Å². The smallest absolute Gasteiger partial charge is 0.251 e. The Bertz CT molecular complexity index is 526. The first kappa shape index (κ1) is 17.3. The van der Waals surface area contributed by atoms with Crippen LogP contribution in [0.25, 0.3) is 0 Å². The highest BCUT2D eigenvalue weighted by Gasteiger charge is 2.15. The van der Waals surface area contributed by atoms with Gasteiger partial charge in [0, 0.05) is 51.4 Å². The Kier molecular flexibility index (Phi) is 6.44. The first-order valence-corrected chi connectivity index (χ1v) is 8.41. The normalized spacial score (nSPS) is 15.2. The van der Waals surface area contributed by atoms with Gasteiger partial charge in [0.05, 0.1) is 0 Å². The maximum Gasteiger partial charge on any atom is 0.251 e. The Morgan fingerprint density at radius 1 is 1.17 bits per heavy atom. The van der Waals surface area contributed by atoms with E-state index in [2.05, 4.69) is 5.32 Å². The van der Waals surface area contributed by atoms with Gasteiger partial charge in [-0.15, -0.1) is 0 Å². The minimum atomic E-state index is -0.0579. The minimum Gasteiger partial charge on any atom is -0.378 e. The fraction of sp³-hybridized carbons (Fsp3) is 0.556. The van der Waals surface area contributed by atoms with Crippen LogP contribution in [0.3, 0.4) is 0 Å². The van der Waals surface area contributed by atoms with E-state index < -0.39 is 0 Å². The van der Waals surface area contributed by atoms with Gasteiger partial charge in [-0.05, 0) is 43.5 Å².